The average molecular weight is 431 g/mol. The molecule has 1 fully saturated rings. The van der Waals surface area contributed by atoms with Crippen molar-refractivity contribution >= 4 is 11.3 Å². The summed E-state index contributed by atoms with van der Waals surface area (Å²) in [4.78, 5) is 4.65. The smallest absolute Gasteiger partial charge is 0.150 e. The first-order valence-electron chi connectivity index (χ1n) is 9.92. The van der Waals surface area contributed by atoms with Crippen LogP contribution in [0.4, 0.5) is 8.78 Å². The number of benzene rings is 2. The van der Waals surface area contributed by atoms with Gasteiger partial charge in [0.05, 0.1) is 13.2 Å². The highest BCUT2D eigenvalue weighted by molar-refractivity contribution is 7.14. The normalized spacial score (nSPS) is 16.5. The summed E-state index contributed by atoms with van der Waals surface area (Å²) in [6.07, 6.45) is 0. The second-order valence-electron chi connectivity index (χ2n) is 7.37. The summed E-state index contributed by atoms with van der Waals surface area (Å²) in [5.74, 6) is 0.177. The predicted molar refractivity (Wildman–Crippen MR) is 114 cm³/mol. The highest BCUT2D eigenvalue weighted by Gasteiger charge is 2.25. The molecule has 8 heteroatoms. The number of aromatic nitrogens is 2. The molecule has 5 nitrogen and oxygen atoms in total. The maximum atomic E-state index is 14.0. The molecule has 0 saturated carbocycles. The summed E-state index contributed by atoms with van der Waals surface area (Å²) in [5.41, 5.74) is 1.35. The zero-order chi connectivity index (χ0) is 21.1. The molecule has 0 aliphatic carbocycles. The van der Waals surface area contributed by atoms with Crippen LogP contribution < -0.4 is 4.74 Å². The molecular formula is C22H24F2N4OS. The molecule has 0 unspecified atom stereocenters. The monoisotopic (exact) mass is 430 g/mol. The topological polar surface area (TPSA) is 41.5 Å². The molecule has 4 rings (SSSR count). The van der Waals surface area contributed by atoms with E-state index in [1.807, 2.05) is 0 Å². The van der Waals surface area contributed by atoms with Gasteiger partial charge in [0.15, 0.2) is 5.01 Å². The van der Waals surface area contributed by atoms with Crippen molar-refractivity contribution in [2.75, 3.05) is 33.3 Å². The summed E-state index contributed by atoms with van der Waals surface area (Å²) in [5, 5.41) is 10.0. The van der Waals surface area contributed by atoms with Gasteiger partial charge in [-0.1, -0.05) is 23.5 Å². The number of halogens is 2. The molecule has 1 saturated heterocycles. The Kier molecular flexibility index (Phi) is 6.36. The third-order valence-electron chi connectivity index (χ3n) is 5.49. The molecule has 2 aromatic carbocycles. The van der Waals surface area contributed by atoms with Crippen molar-refractivity contribution in [2.24, 2.45) is 0 Å². The number of piperazine rings is 1. The molecule has 158 valence electrons. The van der Waals surface area contributed by atoms with Gasteiger partial charge in [-0.25, -0.2) is 8.78 Å². The minimum atomic E-state index is -0.283. The first-order chi connectivity index (χ1) is 14.5. The third-order valence-corrected chi connectivity index (χ3v) is 6.62. The van der Waals surface area contributed by atoms with Crippen molar-refractivity contribution in [3.63, 3.8) is 0 Å². The van der Waals surface area contributed by atoms with Crippen molar-refractivity contribution in [2.45, 2.75) is 19.5 Å². The lowest BCUT2D eigenvalue weighted by atomic mass is 10.1. The quantitative estimate of drug-likeness (QED) is 0.581. The number of hydrogen-bond donors (Lipinski definition) is 0. The Labute approximate surface area is 178 Å². The lowest BCUT2D eigenvalue weighted by molar-refractivity contribution is 0.0969. The van der Waals surface area contributed by atoms with E-state index in [9.17, 15) is 8.78 Å². The molecule has 0 radical (unpaired) electrons. The highest BCUT2D eigenvalue weighted by Crippen LogP contribution is 2.31. The lowest BCUT2D eigenvalue weighted by Crippen LogP contribution is -2.46. The molecule has 3 aromatic rings. The van der Waals surface area contributed by atoms with Crippen LogP contribution in [-0.2, 0) is 6.54 Å². The van der Waals surface area contributed by atoms with Gasteiger partial charge in [-0.15, -0.1) is 10.2 Å². The van der Waals surface area contributed by atoms with Gasteiger partial charge in [0.2, 0.25) is 0 Å². The molecule has 30 heavy (non-hydrogen) atoms. The van der Waals surface area contributed by atoms with Gasteiger partial charge in [-0.05, 0) is 37.3 Å². The minimum absolute atomic E-state index is 0.105. The molecular weight excluding hydrogens is 406 g/mol. The summed E-state index contributed by atoms with van der Waals surface area (Å²) in [7, 11) is 1.61. The third kappa shape index (κ3) is 4.50. The van der Waals surface area contributed by atoms with E-state index in [0.717, 1.165) is 36.8 Å². The highest BCUT2D eigenvalue weighted by atomic mass is 32.1. The number of ether oxygens (including phenoxy) is 1. The molecule has 1 aromatic heterocycles. The van der Waals surface area contributed by atoms with Crippen molar-refractivity contribution < 1.29 is 13.5 Å². The van der Waals surface area contributed by atoms with E-state index in [4.69, 9.17) is 4.74 Å². The first kappa shape index (κ1) is 20.8. The number of hydrogen-bond acceptors (Lipinski definition) is 6. The summed E-state index contributed by atoms with van der Waals surface area (Å²) in [6, 6.07) is 11.4. The largest absolute Gasteiger partial charge is 0.496 e. The summed E-state index contributed by atoms with van der Waals surface area (Å²) < 4.78 is 33.0. The van der Waals surface area contributed by atoms with Gasteiger partial charge >= 0.3 is 0 Å². The minimum Gasteiger partial charge on any atom is -0.496 e. The van der Waals surface area contributed by atoms with Crippen LogP contribution >= 0.6 is 11.3 Å². The van der Waals surface area contributed by atoms with E-state index in [0.29, 0.717) is 22.9 Å². The second kappa shape index (κ2) is 9.16. The Morgan fingerprint density at radius 2 is 1.83 bits per heavy atom. The van der Waals surface area contributed by atoms with E-state index in [-0.39, 0.29) is 17.7 Å². The van der Waals surface area contributed by atoms with Crippen LogP contribution in [0.15, 0.2) is 42.5 Å². The Hall–Kier alpha value is -2.42. The average Bonchev–Trinajstić information content (AvgIpc) is 3.24. The zero-order valence-electron chi connectivity index (χ0n) is 17.0. The van der Waals surface area contributed by atoms with E-state index < -0.39 is 0 Å². The Balaban J connectivity index is 1.38. The second-order valence-corrected chi connectivity index (χ2v) is 8.38. The Bertz CT molecular complexity index is 1000. The summed E-state index contributed by atoms with van der Waals surface area (Å²) in [6.45, 7) is 6.23. The van der Waals surface area contributed by atoms with Gasteiger partial charge in [0.1, 0.15) is 22.4 Å². The van der Waals surface area contributed by atoms with Gasteiger partial charge in [0.25, 0.3) is 0 Å². The van der Waals surface area contributed by atoms with Crippen molar-refractivity contribution in [3.8, 4) is 16.3 Å². The standard InChI is InChI=1S/C22H24F2N4OS/c1-15(21-25-26-22(30-21)18-5-3-4-6-19(18)24)28-11-9-27(10-12-28)14-16-13-17(23)7-8-20(16)29-2/h3-8,13,15H,9-12,14H2,1-2H3/t15-/m0/s1. The summed E-state index contributed by atoms with van der Waals surface area (Å²) >= 11 is 1.44. The molecule has 1 aliphatic rings. The fourth-order valence-corrected chi connectivity index (χ4v) is 4.68. The van der Waals surface area contributed by atoms with Crippen LogP contribution in [0.25, 0.3) is 10.6 Å². The molecule has 1 aliphatic heterocycles. The maximum absolute atomic E-state index is 14.0. The molecule has 2 heterocycles. The van der Waals surface area contributed by atoms with Crippen molar-refractivity contribution in [1.29, 1.82) is 0 Å². The van der Waals surface area contributed by atoms with Gasteiger partial charge < -0.3 is 4.74 Å². The lowest BCUT2D eigenvalue weighted by Gasteiger charge is -2.37. The van der Waals surface area contributed by atoms with Gasteiger partial charge in [0, 0.05) is 43.9 Å². The van der Waals surface area contributed by atoms with Crippen LogP contribution in [0.1, 0.15) is 23.5 Å². The van der Waals surface area contributed by atoms with E-state index in [1.165, 1.54) is 23.5 Å². The number of methoxy groups -OCH3 is 1. The van der Waals surface area contributed by atoms with Gasteiger partial charge in [-0.2, -0.15) is 0 Å². The first-order valence-corrected chi connectivity index (χ1v) is 10.7. The van der Waals surface area contributed by atoms with E-state index in [1.54, 1.807) is 37.4 Å². The van der Waals surface area contributed by atoms with Gasteiger partial charge in [-0.3, -0.25) is 9.80 Å². The number of nitrogens with zero attached hydrogens (tertiary/aromatic N) is 4. The molecule has 0 amide bonds. The Morgan fingerprint density at radius 1 is 1.07 bits per heavy atom. The molecule has 0 N–H and O–H groups in total. The molecule has 1 atom stereocenters. The Morgan fingerprint density at radius 3 is 2.57 bits per heavy atom. The SMILES string of the molecule is COc1ccc(F)cc1CN1CCN([C@@H](C)c2nnc(-c3ccccc3F)s2)CC1. The van der Waals surface area contributed by atoms with Crippen LogP contribution in [0, 0.1) is 11.6 Å². The fraction of sp³-hybridized carbons (Fsp3) is 0.364. The number of rotatable bonds is 6. The maximum Gasteiger partial charge on any atom is 0.150 e. The van der Waals surface area contributed by atoms with E-state index >= 15 is 0 Å². The van der Waals surface area contributed by atoms with Crippen molar-refractivity contribution in [1.82, 2.24) is 20.0 Å². The predicted octanol–water partition coefficient (Wildman–Crippen LogP) is 4.37. The van der Waals surface area contributed by atoms with Crippen LogP contribution in [-0.4, -0.2) is 53.3 Å². The van der Waals surface area contributed by atoms with Crippen molar-refractivity contribution in [3.05, 3.63) is 64.7 Å². The van der Waals surface area contributed by atoms with Crippen LogP contribution in [0.3, 0.4) is 0 Å². The molecule has 0 spiro atoms. The fourth-order valence-electron chi connectivity index (χ4n) is 3.72. The van der Waals surface area contributed by atoms with E-state index in [2.05, 4.69) is 26.9 Å². The van der Waals surface area contributed by atoms with Crippen LogP contribution in [0.2, 0.25) is 0 Å². The zero-order valence-corrected chi connectivity index (χ0v) is 17.8. The molecule has 0 bridgehead atoms. The van der Waals surface area contributed by atoms with Crippen LogP contribution in [0.5, 0.6) is 5.75 Å².